The molecule has 1 aliphatic rings. The van der Waals surface area contributed by atoms with Gasteiger partial charge in [0, 0.05) is 17.8 Å². The summed E-state index contributed by atoms with van der Waals surface area (Å²) in [4.78, 5) is 17.9. The molecule has 1 aromatic heterocycles. The van der Waals surface area contributed by atoms with Gasteiger partial charge in [0.25, 0.3) is 10.0 Å². The lowest BCUT2D eigenvalue weighted by Gasteiger charge is -2.17. The molecule has 3 N–H and O–H groups in total. The van der Waals surface area contributed by atoms with Crippen LogP contribution in [0.5, 0.6) is 0 Å². The predicted octanol–water partition coefficient (Wildman–Crippen LogP) is 1.40. The van der Waals surface area contributed by atoms with Crippen molar-refractivity contribution >= 4 is 27.3 Å². The van der Waals surface area contributed by atoms with Crippen LogP contribution in [-0.2, 0) is 21.2 Å². The number of nitrogens with zero attached hydrogens (tertiary/aromatic N) is 1. The first kappa shape index (κ1) is 13.6. The Labute approximate surface area is 121 Å². The molecule has 0 radical (unpaired) electrons. The van der Waals surface area contributed by atoms with Crippen molar-refractivity contribution in [3.8, 4) is 0 Å². The topological polar surface area (TPSA) is 104 Å². The third-order valence-electron chi connectivity index (χ3n) is 3.22. The van der Waals surface area contributed by atoms with Crippen LogP contribution in [0.3, 0.4) is 0 Å². The Morgan fingerprint density at radius 3 is 2.81 bits per heavy atom. The first-order valence-electron chi connectivity index (χ1n) is 6.41. The van der Waals surface area contributed by atoms with Gasteiger partial charge in [0.2, 0.25) is 5.91 Å². The molecule has 21 heavy (non-hydrogen) atoms. The van der Waals surface area contributed by atoms with E-state index in [9.17, 15) is 13.2 Å². The Hall–Kier alpha value is -2.35. The lowest BCUT2D eigenvalue weighted by molar-refractivity contribution is -0.116. The fourth-order valence-corrected chi connectivity index (χ4v) is 3.21. The smallest absolute Gasteiger partial charge is 0.278 e. The fraction of sp³-hybridized carbons (Fsp3) is 0.231. The van der Waals surface area contributed by atoms with Gasteiger partial charge in [0.1, 0.15) is 5.82 Å². The number of anilines is 2. The van der Waals surface area contributed by atoms with Crippen molar-refractivity contribution in [3.05, 3.63) is 35.8 Å². The number of benzene rings is 1. The highest BCUT2D eigenvalue weighted by atomic mass is 32.2. The van der Waals surface area contributed by atoms with Gasteiger partial charge in [-0.2, -0.15) is 8.42 Å². The van der Waals surface area contributed by atoms with Crippen molar-refractivity contribution in [2.75, 3.05) is 10.0 Å². The van der Waals surface area contributed by atoms with Crippen molar-refractivity contribution in [2.24, 2.45) is 0 Å². The van der Waals surface area contributed by atoms with Crippen molar-refractivity contribution in [1.29, 1.82) is 0 Å². The molecule has 2 aromatic rings. The maximum absolute atomic E-state index is 12.2. The maximum Gasteiger partial charge on any atom is 0.278 e. The third-order valence-corrected chi connectivity index (χ3v) is 4.51. The maximum atomic E-state index is 12.2. The predicted molar refractivity (Wildman–Crippen MR) is 77.5 cm³/mol. The molecule has 1 aliphatic heterocycles. The number of sulfonamides is 1. The Kier molecular flexibility index (Phi) is 3.17. The van der Waals surface area contributed by atoms with Gasteiger partial charge in [-0.25, -0.2) is 4.98 Å². The van der Waals surface area contributed by atoms with Crippen LogP contribution in [-0.4, -0.2) is 24.3 Å². The Morgan fingerprint density at radius 2 is 2.10 bits per heavy atom. The van der Waals surface area contributed by atoms with Crippen LogP contribution in [0.4, 0.5) is 11.4 Å². The summed E-state index contributed by atoms with van der Waals surface area (Å²) in [6, 6.07) is 5.04. The molecule has 0 saturated carbocycles. The van der Waals surface area contributed by atoms with E-state index < -0.39 is 10.0 Å². The highest BCUT2D eigenvalue weighted by molar-refractivity contribution is 7.92. The van der Waals surface area contributed by atoms with Crippen LogP contribution in [0.2, 0.25) is 0 Å². The van der Waals surface area contributed by atoms with E-state index in [-0.39, 0.29) is 10.9 Å². The molecule has 0 unspecified atom stereocenters. The molecule has 7 nitrogen and oxygen atoms in total. The molecular formula is C13H14N4O3S. The van der Waals surface area contributed by atoms with E-state index in [1.165, 1.54) is 6.20 Å². The van der Waals surface area contributed by atoms with Crippen LogP contribution >= 0.6 is 0 Å². The normalized spacial score (nSPS) is 14.4. The number of H-pyrrole nitrogens is 1. The van der Waals surface area contributed by atoms with E-state index in [1.54, 1.807) is 25.1 Å². The summed E-state index contributed by atoms with van der Waals surface area (Å²) in [5.74, 6) is 0.507. The van der Waals surface area contributed by atoms with Crippen LogP contribution in [0.1, 0.15) is 17.8 Å². The number of carbonyl (C=O) groups excluding carboxylic acids is 1. The second kappa shape index (κ2) is 4.88. The Morgan fingerprint density at radius 1 is 1.29 bits per heavy atom. The summed E-state index contributed by atoms with van der Waals surface area (Å²) >= 11 is 0. The molecule has 0 bridgehead atoms. The summed E-state index contributed by atoms with van der Waals surface area (Å²) < 4.78 is 26.9. The van der Waals surface area contributed by atoms with Crippen molar-refractivity contribution in [3.63, 3.8) is 0 Å². The minimum atomic E-state index is -3.69. The molecule has 0 atom stereocenters. The number of hydrogen-bond donors (Lipinski definition) is 3. The molecule has 0 aliphatic carbocycles. The van der Waals surface area contributed by atoms with E-state index >= 15 is 0 Å². The fourth-order valence-electron chi connectivity index (χ4n) is 2.19. The summed E-state index contributed by atoms with van der Waals surface area (Å²) in [6.45, 7) is 1.68. The minimum absolute atomic E-state index is 0.0195. The van der Waals surface area contributed by atoms with E-state index in [1.807, 2.05) is 0 Å². The van der Waals surface area contributed by atoms with Gasteiger partial charge in [-0.3, -0.25) is 9.52 Å². The Balaban J connectivity index is 1.87. The number of amides is 1. The number of aromatic nitrogens is 2. The summed E-state index contributed by atoms with van der Waals surface area (Å²) in [6.07, 6.45) is 2.28. The van der Waals surface area contributed by atoms with Crippen molar-refractivity contribution < 1.29 is 13.2 Å². The zero-order chi connectivity index (χ0) is 15.0. The molecular weight excluding hydrogens is 292 g/mol. The average molecular weight is 306 g/mol. The molecule has 3 rings (SSSR count). The van der Waals surface area contributed by atoms with E-state index in [0.717, 1.165) is 11.3 Å². The SMILES string of the molecule is Cc1ncc(S(=O)(=O)Nc2ccc3c(c2)CCC(=O)N3)[nH]1. The number of aryl methyl sites for hydroxylation is 2. The van der Waals surface area contributed by atoms with Gasteiger partial charge in [-0.15, -0.1) is 0 Å². The van der Waals surface area contributed by atoms with E-state index in [2.05, 4.69) is 20.0 Å². The lowest BCUT2D eigenvalue weighted by atomic mass is 10.0. The number of imidazole rings is 1. The zero-order valence-corrected chi connectivity index (χ0v) is 12.1. The van der Waals surface area contributed by atoms with Gasteiger partial charge in [0.05, 0.1) is 6.20 Å². The molecule has 2 heterocycles. The number of carbonyl (C=O) groups is 1. The van der Waals surface area contributed by atoms with E-state index in [0.29, 0.717) is 24.4 Å². The molecule has 8 heteroatoms. The average Bonchev–Trinajstić information content (AvgIpc) is 2.86. The number of fused-ring (bicyclic) bond motifs is 1. The highest BCUT2D eigenvalue weighted by Crippen LogP contribution is 2.26. The Bertz CT molecular complexity index is 811. The molecule has 110 valence electrons. The summed E-state index contributed by atoms with van der Waals surface area (Å²) in [7, 11) is -3.69. The quantitative estimate of drug-likeness (QED) is 0.797. The van der Waals surface area contributed by atoms with Crippen molar-refractivity contribution in [2.45, 2.75) is 24.8 Å². The minimum Gasteiger partial charge on any atom is -0.332 e. The second-order valence-electron chi connectivity index (χ2n) is 4.86. The number of aromatic amines is 1. The first-order chi connectivity index (χ1) is 9.94. The molecule has 0 fully saturated rings. The van der Waals surface area contributed by atoms with Crippen LogP contribution in [0.25, 0.3) is 0 Å². The van der Waals surface area contributed by atoms with Crippen molar-refractivity contribution in [1.82, 2.24) is 9.97 Å². The van der Waals surface area contributed by atoms with Gasteiger partial charge < -0.3 is 10.3 Å². The first-order valence-corrected chi connectivity index (χ1v) is 7.89. The van der Waals surface area contributed by atoms with Crippen LogP contribution < -0.4 is 10.0 Å². The lowest BCUT2D eigenvalue weighted by Crippen LogP contribution is -2.19. The van der Waals surface area contributed by atoms with Crippen LogP contribution in [0, 0.1) is 6.92 Å². The second-order valence-corrected chi connectivity index (χ2v) is 6.51. The zero-order valence-electron chi connectivity index (χ0n) is 11.3. The third kappa shape index (κ3) is 2.75. The summed E-state index contributed by atoms with van der Waals surface area (Å²) in [5.41, 5.74) is 2.10. The number of rotatable bonds is 3. The van der Waals surface area contributed by atoms with Gasteiger partial charge >= 0.3 is 0 Å². The number of hydrogen-bond acceptors (Lipinski definition) is 4. The van der Waals surface area contributed by atoms with E-state index in [4.69, 9.17) is 0 Å². The molecule has 0 saturated heterocycles. The highest BCUT2D eigenvalue weighted by Gasteiger charge is 2.19. The van der Waals surface area contributed by atoms with Gasteiger partial charge in [-0.1, -0.05) is 0 Å². The van der Waals surface area contributed by atoms with Gasteiger partial charge in [-0.05, 0) is 37.1 Å². The molecule has 1 amide bonds. The van der Waals surface area contributed by atoms with Crippen LogP contribution in [0.15, 0.2) is 29.4 Å². The largest absolute Gasteiger partial charge is 0.332 e. The standard InChI is InChI=1S/C13H14N4O3S/c1-8-14-7-13(15-8)21(19,20)17-10-3-4-11-9(6-10)2-5-12(18)16-11/h3-4,6-7,17H,2,5H2,1H3,(H,14,15)(H,16,18). The van der Waals surface area contributed by atoms with Gasteiger partial charge in [0.15, 0.2) is 5.03 Å². The monoisotopic (exact) mass is 306 g/mol. The number of nitrogens with one attached hydrogen (secondary N) is 3. The molecule has 1 aromatic carbocycles. The summed E-state index contributed by atoms with van der Waals surface area (Å²) in [5, 5.41) is 2.77. The molecule has 0 spiro atoms.